The number of nitrogens with zero attached hydrogens (tertiary/aromatic N) is 2. The van der Waals surface area contributed by atoms with E-state index in [1.807, 2.05) is 0 Å². The van der Waals surface area contributed by atoms with Crippen LogP contribution in [0.4, 0.5) is 8.78 Å². The van der Waals surface area contributed by atoms with Gasteiger partial charge in [0, 0.05) is 38.2 Å². The molecule has 0 spiro atoms. The van der Waals surface area contributed by atoms with Crippen molar-refractivity contribution in [3.63, 3.8) is 0 Å². The van der Waals surface area contributed by atoms with Crippen LogP contribution in [0.15, 0.2) is 22.6 Å². The number of carbonyl (C=O) groups excluding carboxylic acids is 4. The molecule has 1 aliphatic rings. The predicted molar refractivity (Wildman–Crippen MR) is 123 cm³/mol. The number of amides is 4. The predicted octanol–water partition coefficient (Wildman–Crippen LogP) is 1.50. The lowest BCUT2D eigenvalue weighted by molar-refractivity contribution is -0.134. The fourth-order valence-corrected chi connectivity index (χ4v) is 3.83. The number of likely N-dealkylation sites (tertiary alicyclic amines) is 1. The second-order valence-electron chi connectivity index (χ2n) is 8.65. The van der Waals surface area contributed by atoms with E-state index >= 15 is 0 Å². The normalized spacial score (nSPS) is 14.8. The number of nitrogens with one attached hydrogen (secondary N) is 3. The number of hydrogen-bond acceptors (Lipinski definition) is 6. The molecule has 0 aliphatic carbocycles. The van der Waals surface area contributed by atoms with Crippen molar-refractivity contribution in [2.45, 2.75) is 58.7 Å². The van der Waals surface area contributed by atoms with E-state index in [4.69, 9.17) is 4.42 Å². The fraction of sp³-hybridized carbons (Fsp3) is 0.458. The number of hydrogen-bond donors (Lipinski definition) is 3. The van der Waals surface area contributed by atoms with Gasteiger partial charge in [-0.15, -0.1) is 0 Å². The minimum absolute atomic E-state index is 0.0716. The first-order valence-electron chi connectivity index (χ1n) is 11.6. The second kappa shape index (κ2) is 11.7. The van der Waals surface area contributed by atoms with Crippen molar-refractivity contribution in [3.05, 3.63) is 52.7 Å². The Morgan fingerprint density at radius 2 is 1.78 bits per heavy atom. The molecule has 0 radical (unpaired) electrons. The highest BCUT2D eigenvalue weighted by Crippen LogP contribution is 2.13. The molecule has 10 nitrogen and oxygen atoms in total. The number of oxazole rings is 1. The average Bonchev–Trinajstić information content (AvgIpc) is 3.47. The largest absolute Gasteiger partial charge is 0.436 e. The Morgan fingerprint density at radius 3 is 2.39 bits per heavy atom. The Hall–Kier alpha value is -3.83. The highest BCUT2D eigenvalue weighted by molar-refractivity contribution is 5.99. The molecule has 3 rings (SSSR count). The lowest BCUT2D eigenvalue weighted by atomic mass is 10.1. The van der Waals surface area contributed by atoms with Gasteiger partial charge in [-0.05, 0) is 32.8 Å². The molecule has 194 valence electrons. The Labute approximate surface area is 206 Å². The molecule has 1 aliphatic heterocycles. The highest BCUT2D eigenvalue weighted by Gasteiger charge is 2.31. The molecule has 1 fully saturated rings. The van der Waals surface area contributed by atoms with E-state index in [0.717, 1.165) is 18.9 Å². The maximum Gasteiger partial charge on any atom is 0.289 e. The Bertz CT molecular complexity index is 1150. The summed E-state index contributed by atoms with van der Waals surface area (Å²) in [6.07, 6.45) is 1.41. The number of rotatable bonds is 9. The highest BCUT2D eigenvalue weighted by atomic mass is 19.1. The lowest BCUT2D eigenvalue weighted by Gasteiger charge is -2.23. The molecule has 0 saturated carbocycles. The van der Waals surface area contributed by atoms with Crippen LogP contribution >= 0.6 is 0 Å². The zero-order valence-corrected chi connectivity index (χ0v) is 20.3. The van der Waals surface area contributed by atoms with Crippen molar-refractivity contribution in [1.29, 1.82) is 0 Å². The van der Waals surface area contributed by atoms with Crippen LogP contribution in [0.25, 0.3) is 0 Å². The fourth-order valence-electron chi connectivity index (χ4n) is 3.83. The number of aromatic nitrogens is 1. The van der Waals surface area contributed by atoms with Gasteiger partial charge >= 0.3 is 0 Å². The zero-order valence-electron chi connectivity index (χ0n) is 20.3. The van der Waals surface area contributed by atoms with Crippen LogP contribution in [-0.4, -0.2) is 58.7 Å². The SMILES string of the molecule is Cc1nc(C)c(C(=O)N[C@@H](CC(=O)N2CCCC2)C(=O)N[C@@H](C)C(=O)NCc2ccc(F)cc2F)o1. The van der Waals surface area contributed by atoms with E-state index in [-0.39, 0.29) is 36.1 Å². The van der Waals surface area contributed by atoms with Crippen LogP contribution in [-0.2, 0) is 20.9 Å². The Kier molecular flexibility index (Phi) is 8.73. The maximum absolute atomic E-state index is 13.8. The van der Waals surface area contributed by atoms with Gasteiger partial charge in [-0.3, -0.25) is 19.2 Å². The molecule has 2 aromatic rings. The van der Waals surface area contributed by atoms with Gasteiger partial charge in [0.05, 0.1) is 12.1 Å². The van der Waals surface area contributed by atoms with E-state index in [0.29, 0.717) is 24.8 Å². The summed E-state index contributed by atoms with van der Waals surface area (Å²) in [4.78, 5) is 56.6. The molecule has 1 saturated heterocycles. The molecule has 36 heavy (non-hydrogen) atoms. The summed E-state index contributed by atoms with van der Waals surface area (Å²) in [5.74, 6) is -3.76. The van der Waals surface area contributed by atoms with Crippen LogP contribution in [0.5, 0.6) is 0 Å². The first kappa shape index (κ1) is 26.8. The summed E-state index contributed by atoms with van der Waals surface area (Å²) in [7, 11) is 0. The van der Waals surface area contributed by atoms with E-state index in [1.165, 1.54) is 13.0 Å². The molecule has 1 aromatic heterocycles. The minimum Gasteiger partial charge on any atom is -0.436 e. The van der Waals surface area contributed by atoms with Gasteiger partial charge in [0.1, 0.15) is 23.7 Å². The quantitative estimate of drug-likeness (QED) is 0.473. The molecule has 1 aromatic carbocycles. The monoisotopic (exact) mass is 505 g/mol. The molecule has 0 unspecified atom stereocenters. The van der Waals surface area contributed by atoms with Crippen molar-refractivity contribution in [2.75, 3.05) is 13.1 Å². The van der Waals surface area contributed by atoms with Crippen LogP contribution in [0.1, 0.15) is 53.9 Å². The maximum atomic E-state index is 13.8. The standard InChI is InChI=1S/C24H29F2N5O5/c1-13-21(36-15(3)28-13)24(35)30-19(11-20(32)31-8-4-5-9-31)23(34)29-14(2)22(33)27-12-16-6-7-17(25)10-18(16)26/h6-7,10,14,19H,4-5,8-9,11-12H2,1-3H3,(H,27,33)(H,29,34)(H,30,35)/t14-,19-/m0/s1. The summed E-state index contributed by atoms with van der Waals surface area (Å²) in [6.45, 7) is 5.47. The van der Waals surface area contributed by atoms with Gasteiger partial charge in [-0.2, -0.15) is 0 Å². The van der Waals surface area contributed by atoms with Crippen molar-refractivity contribution in [2.24, 2.45) is 0 Å². The molecule has 2 heterocycles. The van der Waals surface area contributed by atoms with Crippen molar-refractivity contribution >= 4 is 23.6 Å². The second-order valence-corrected chi connectivity index (χ2v) is 8.65. The topological polar surface area (TPSA) is 134 Å². The van der Waals surface area contributed by atoms with E-state index in [2.05, 4.69) is 20.9 Å². The smallest absolute Gasteiger partial charge is 0.289 e. The number of benzene rings is 1. The first-order chi connectivity index (χ1) is 17.0. The average molecular weight is 506 g/mol. The van der Waals surface area contributed by atoms with E-state index in [1.54, 1.807) is 18.7 Å². The van der Waals surface area contributed by atoms with Gasteiger partial charge in [-0.25, -0.2) is 13.8 Å². The van der Waals surface area contributed by atoms with Gasteiger partial charge < -0.3 is 25.3 Å². The zero-order chi connectivity index (χ0) is 26.4. The van der Waals surface area contributed by atoms with E-state index in [9.17, 15) is 28.0 Å². The molecule has 12 heteroatoms. The van der Waals surface area contributed by atoms with Crippen LogP contribution in [0, 0.1) is 25.5 Å². The van der Waals surface area contributed by atoms with Gasteiger partial charge in [0.2, 0.25) is 23.5 Å². The lowest BCUT2D eigenvalue weighted by Crippen LogP contribution is -2.54. The summed E-state index contributed by atoms with van der Waals surface area (Å²) < 4.78 is 32.2. The Morgan fingerprint density at radius 1 is 1.08 bits per heavy atom. The summed E-state index contributed by atoms with van der Waals surface area (Å²) in [5, 5.41) is 7.45. The van der Waals surface area contributed by atoms with Crippen LogP contribution < -0.4 is 16.0 Å². The molecule has 0 bridgehead atoms. The summed E-state index contributed by atoms with van der Waals surface area (Å²) in [6, 6.07) is 0.626. The summed E-state index contributed by atoms with van der Waals surface area (Å²) in [5.41, 5.74) is 0.401. The third-order valence-corrected chi connectivity index (χ3v) is 5.79. The summed E-state index contributed by atoms with van der Waals surface area (Å²) >= 11 is 0. The molecule has 3 N–H and O–H groups in total. The third kappa shape index (κ3) is 6.86. The third-order valence-electron chi connectivity index (χ3n) is 5.79. The van der Waals surface area contributed by atoms with Gasteiger partial charge in [0.15, 0.2) is 5.89 Å². The van der Waals surface area contributed by atoms with Crippen molar-refractivity contribution in [3.8, 4) is 0 Å². The Balaban J connectivity index is 1.65. The number of aryl methyl sites for hydroxylation is 2. The minimum atomic E-state index is -1.28. The van der Waals surface area contributed by atoms with Crippen LogP contribution in [0.2, 0.25) is 0 Å². The van der Waals surface area contributed by atoms with Gasteiger partial charge in [0.25, 0.3) is 5.91 Å². The molecular weight excluding hydrogens is 476 g/mol. The van der Waals surface area contributed by atoms with E-state index < -0.39 is 41.4 Å². The van der Waals surface area contributed by atoms with Crippen LogP contribution in [0.3, 0.4) is 0 Å². The first-order valence-corrected chi connectivity index (χ1v) is 11.6. The number of carbonyl (C=O) groups is 4. The number of halogens is 2. The molecule has 2 atom stereocenters. The molecule has 4 amide bonds. The van der Waals surface area contributed by atoms with Crippen molar-refractivity contribution in [1.82, 2.24) is 25.8 Å². The molecular formula is C24H29F2N5O5. The van der Waals surface area contributed by atoms with Crippen molar-refractivity contribution < 1.29 is 32.4 Å². The van der Waals surface area contributed by atoms with Gasteiger partial charge in [-0.1, -0.05) is 6.07 Å².